The van der Waals surface area contributed by atoms with Crippen molar-refractivity contribution < 1.29 is 14.3 Å². The number of amides is 1. The van der Waals surface area contributed by atoms with Crippen LogP contribution >= 0.6 is 11.6 Å². The van der Waals surface area contributed by atoms with E-state index in [-0.39, 0.29) is 30.9 Å². The summed E-state index contributed by atoms with van der Waals surface area (Å²) in [4.78, 5) is 32.0. The van der Waals surface area contributed by atoms with Crippen molar-refractivity contribution in [3.05, 3.63) is 70.9 Å². The number of carbonyl (C=O) groups is 2. The Morgan fingerprint density at radius 3 is 2.50 bits per heavy atom. The Kier molecular flexibility index (Phi) is 6.20. The Bertz CT molecular complexity index is 1240. The monoisotopic (exact) mass is 476 g/mol. The highest BCUT2D eigenvalue weighted by Crippen LogP contribution is 2.37. The number of ether oxygens (including phenoxy) is 1. The number of rotatable bonds is 4. The smallest absolute Gasteiger partial charge is 0.410 e. The van der Waals surface area contributed by atoms with E-state index in [1.54, 1.807) is 4.90 Å². The molecule has 1 aromatic heterocycles. The maximum Gasteiger partial charge on any atom is 0.410 e. The first-order valence-corrected chi connectivity index (χ1v) is 11.8. The predicted octanol–water partition coefficient (Wildman–Crippen LogP) is 5.68. The molecule has 1 saturated heterocycles. The van der Waals surface area contributed by atoms with E-state index in [1.807, 2.05) is 61.5 Å². The molecule has 0 aliphatic carbocycles. The number of hydrogen-bond donors (Lipinski definition) is 0. The molecule has 2 aliphatic rings. The van der Waals surface area contributed by atoms with Gasteiger partial charge in [-0.25, -0.2) is 9.79 Å². The number of aliphatic imine (C=N–C) groups is 1. The second kappa shape index (κ2) is 9.43. The lowest BCUT2D eigenvalue weighted by Crippen LogP contribution is -2.41. The molecule has 0 spiro atoms. The van der Waals surface area contributed by atoms with Gasteiger partial charge in [-0.15, -0.1) is 0 Å². The first-order chi connectivity index (χ1) is 16.5. The zero-order valence-electron chi connectivity index (χ0n) is 18.9. The average molecular weight is 477 g/mol. The summed E-state index contributed by atoms with van der Waals surface area (Å²) in [5.41, 5.74) is 4.36. The number of likely N-dealkylation sites (tertiary alicyclic amines) is 1. The highest BCUT2D eigenvalue weighted by molar-refractivity contribution is 6.30. The summed E-state index contributed by atoms with van der Waals surface area (Å²) >= 11 is 6.05. The minimum atomic E-state index is -0.303. The molecule has 8 heteroatoms. The van der Waals surface area contributed by atoms with Crippen LogP contribution in [0, 0.1) is 12.8 Å². The average Bonchev–Trinajstić information content (AvgIpc) is 3.20. The van der Waals surface area contributed by atoms with Gasteiger partial charge < -0.3 is 9.64 Å². The SMILES string of the molecule is Cc1nn2c(c1-c1ccc(Cl)cc1)N=C(C1CCN(C(=O)OCc3ccccc3)CC1)CC2=O. The molecule has 0 unspecified atom stereocenters. The largest absolute Gasteiger partial charge is 0.445 e. The Balaban J connectivity index is 1.28. The molecule has 3 aromatic rings. The topological polar surface area (TPSA) is 76.8 Å². The molecule has 0 atom stereocenters. The first-order valence-electron chi connectivity index (χ1n) is 11.4. The number of aryl methyl sites for hydroxylation is 1. The van der Waals surface area contributed by atoms with E-state index in [1.165, 1.54) is 4.68 Å². The molecule has 0 saturated carbocycles. The molecule has 2 aromatic carbocycles. The Hall–Kier alpha value is -3.45. The molecule has 1 amide bonds. The summed E-state index contributed by atoms with van der Waals surface area (Å²) in [6.07, 6.45) is 1.44. The number of aromatic nitrogens is 2. The molecule has 1 fully saturated rings. The van der Waals surface area contributed by atoms with Crippen LogP contribution in [-0.2, 0) is 11.3 Å². The molecule has 0 N–H and O–H groups in total. The fourth-order valence-electron chi connectivity index (χ4n) is 4.59. The molecular weight excluding hydrogens is 452 g/mol. The molecule has 0 radical (unpaired) electrons. The van der Waals surface area contributed by atoms with Gasteiger partial charge in [0.2, 0.25) is 0 Å². The van der Waals surface area contributed by atoms with E-state index in [9.17, 15) is 9.59 Å². The lowest BCUT2D eigenvalue weighted by molar-refractivity contribution is 0.0848. The maximum absolute atomic E-state index is 12.9. The van der Waals surface area contributed by atoms with Crippen molar-refractivity contribution in [2.75, 3.05) is 13.1 Å². The first kappa shape index (κ1) is 22.3. The second-order valence-corrected chi connectivity index (χ2v) is 9.11. The van der Waals surface area contributed by atoms with Crippen LogP contribution in [0.25, 0.3) is 11.1 Å². The van der Waals surface area contributed by atoms with Crippen LogP contribution in [0.2, 0.25) is 5.02 Å². The Morgan fingerprint density at radius 2 is 1.79 bits per heavy atom. The quantitative estimate of drug-likeness (QED) is 0.485. The van der Waals surface area contributed by atoms with Gasteiger partial charge in [-0.3, -0.25) is 4.79 Å². The van der Waals surface area contributed by atoms with Gasteiger partial charge in [0.15, 0.2) is 5.82 Å². The van der Waals surface area contributed by atoms with Gasteiger partial charge in [-0.2, -0.15) is 9.78 Å². The van der Waals surface area contributed by atoms with Crippen molar-refractivity contribution in [1.82, 2.24) is 14.7 Å². The van der Waals surface area contributed by atoms with E-state index >= 15 is 0 Å². The van der Waals surface area contributed by atoms with Gasteiger partial charge in [0.25, 0.3) is 5.91 Å². The van der Waals surface area contributed by atoms with E-state index in [2.05, 4.69) is 5.10 Å². The minimum Gasteiger partial charge on any atom is -0.445 e. The minimum absolute atomic E-state index is 0.0759. The fourth-order valence-corrected chi connectivity index (χ4v) is 4.72. The van der Waals surface area contributed by atoms with Crippen molar-refractivity contribution in [1.29, 1.82) is 0 Å². The number of hydrogen-bond acceptors (Lipinski definition) is 5. The third-order valence-corrected chi connectivity index (χ3v) is 6.67. The Labute approximate surface area is 203 Å². The van der Waals surface area contributed by atoms with Gasteiger partial charge in [0, 0.05) is 35.3 Å². The molecule has 5 rings (SSSR count). The molecule has 34 heavy (non-hydrogen) atoms. The highest BCUT2D eigenvalue weighted by atomic mass is 35.5. The number of halogens is 1. The van der Waals surface area contributed by atoms with Crippen LogP contribution < -0.4 is 0 Å². The molecule has 7 nitrogen and oxygen atoms in total. The van der Waals surface area contributed by atoms with E-state index < -0.39 is 0 Å². The maximum atomic E-state index is 12.9. The summed E-state index contributed by atoms with van der Waals surface area (Å²) in [5.74, 6) is 0.646. The second-order valence-electron chi connectivity index (χ2n) is 8.68. The number of carbonyl (C=O) groups excluding carboxylic acids is 2. The van der Waals surface area contributed by atoms with E-state index in [4.69, 9.17) is 21.3 Å². The van der Waals surface area contributed by atoms with Crippen LogP contribution in [0.3, 0.4) is 0 Å². The number of benzene rings is 2. The molecular formula is C26H25ClN4O3. The van der Waals surface area contributed by atoms with Gasteiger partial charge in [-0.05, 0) is 43.0 Å². The molecule has 2 aliphatic heterocycles. The summed E-state index contributed by atoms with van der Waals surface area (Å²) < 4.78 is 6.88. The van der Waals surface area contributed by atoms with E-state index in [0.29, 0.717) is 23.9 Å². The lowest BCUT2D eigenvalue weighted by atomic mass is 9.89. The standard InChI is InChI=1S/C26H25ClN4O3/c1-17-24(20-7-9-21(27)10-8-20)25-28-22(15-23(32)31(25)29-17)19-11-13-30(14-12-19)26(33)34-16-18-5-3-2-4-6-18/h2-10,19H,11-16H2,1H3. The van der Waals surface area contributed by atoms with E-state index in [0.717, 1.165) is 40.9 Å². The number of fused-ring (bicyclic) bond motifs is 1. The van der Waals surface area contributed by atoms with Crippen molar-refractivity contribution in [3.63, 3.8) is 0 Å². The highest BCUT2D eigenvalue weighted by Gasteiger charge is 2.32. The molecule has 0 bridgehead atoms. The van der Waals surface area contributed by atoms with Gasteiger partial charge in [0.05, 0.1) is 12.1 Å². The third kappa shape index (κ3) is 4.48. The Morgan fingerprint density at radius 1 is 1.09 bits per heavy atom. The van der Waals surface area contributed by atoms with Crippen LogP contribution in [0.1, 0.15) is 35.3 Å². The van der Waals surface area contributed by atoms with Crippen LogP contribution in [0.15, 0.2) is 59.6 Å². The van der Waals surface area contributed by atoms with Crippen molar-refractivity contribution in [3.8, 4) is 11.1 Å². The number of piperidine rings is 1. The van der Waals surface area contributed by atoms with Crippen LogP contribution in [0.5, 0.6) is 0 Å². The van der Waals surface area contributed by atoms with Crippen molar-refractivity contribution in [2.45, 2.75) is 32.8 Å². The summed E-state index contributed by atoms with van der Waals surface area (Å²) in [5, 5.41) is 5.10. The van der Waals surface area contributed by atoms with Crippen LogP contribution in [-0.4, -0.2) is 45.5 Å². The molecule has 3 heterocycles. The summed E-state index contributed by atoms with van der Waals surface area (Å²) in [6, 6.07) is 17.1. The lowest BCUT2D eigenvalue weighted by Gasteiger charge is -2.32. The summed E-state index contributed by atoms with van der Waals surface area (Å²) in [7, 11) is 0. The van der Waals surface area contributed by atoms with Crippen molar-refractivity contribution >= 4 is 35.1 Å². The van der Waals surface area contributed by atoms with Gasteiger partial charge in [-0.1, -0.05) is 54.1 Å². The fraction of sp³-hybridized carbons (Fsp3) is 0.308. The molecule has 174 valence electrons. The predicted molar refractivity (Wildman–Crippen MR) is 131 cm³/mol. The zero-order chi connectivity index (χ0) is 23.7. The van der Waals surface area contributed by atoms with Gasteiger partial charge >= 0.3 is 6.09 Å². The normalized spacial score (nSPS) is 16.2. The zero-order valence-corrected chi connectivity index (χ0v) is 19.7. The number of nitrogens with zero attached hydrogens (tertiary/aromatic N) is 4. The van der Waals surface area contributed by atoms with Crippen LogP contribution in [0.4, 0.5) is 10.6 Å². The van der Waals surface area contributed by atoms with Gasteiger partial charge in [0.1, 0.15) is 6.61 Å². The van der Waals surface area contributed by atoms with Crippen molar-refractivity contribution in [2.24, 2.45) is 10.9 Å². The summed E-state index contributed by atoms with van der Waals surface area (Å²) in [6.45, 7) is 3.30. The third-order valence-electron chi connectivity index (χ3n) is 6.42.